The Morgan fingerprint density at radius 2 is 1.71 bits per heavy atom. The topological polar surface area (TPSA) is 124 Å². The monoisotopic (exact) mass is 567 g/mol. The summed E-state index contributed by atoms with van der Waals surface area (Å²) in [4.78, 5) is 41.8. The molecule has 3 heterocycles. The number of ether oxygens (including phenoxy) is 2. The van der Waals surface area contributed by atoms with Gasteiger partial charge in [-0.05, 0) is 44.5 Å². The first-order chi connectivity index (χ1) is 19.5. The van der Waals surface area contributed by atoms with Gasteiger partial charge in [-0.2, -0.15) is 4.98 Å². The van der Waals surface area contributed by atoms with Crippen molar-refractivity contribution >= 4 is 35.6 Å². The number of aromatic carboxylic acids is 1. The molecule has 0 atom stereocenters. The van der Waals surface area contributed by atoms with Gasteiger partial charge in [-0.3, -0.25) is 4.90 Å². The molecule has 1 amide bonds. The second-order valence-corrected chi connectivity index (χ2v) is 11.4. The number of carboxylic acid groups (broad SMARTS) is 1. The number of piperazine rings is 1. The van der Waals surface area contributed by atoms with Crippen molar-refractivity contribution in [2.75, 3.05) is 76.8 Å². The fourth-order valence-electron chi connectivity index (χ4n) is 4.52. The largest absolute Gasteiger partial charge is 0.477 e. The zero-order chi connectivity index (χ0) is 29.6. The number of nitrogens with one attached hydrogen (secondary N) is 1. The molecule has 0 spiro atoms. The Balaban J connectivity index is 1.46. The van der Waals surface area contributed by atoms with Crippen LogP contribution < -0.4 is 10.2 Å². The lowest BCUT2D eigenvalue weighted by molar-refractivity contribution is 0.0139. The van der Waals surface area contributed by atoms with Crippen molar-refractivity contribution in [3.63, 3.8) is 0 Å². The first-order valence-electron chi connectivity index (χ1n) is 13.9. The molecule has 2 aliphatic rings. The lowest BCUT2D eigenvalue weighted by Gasteiger charge is -2.35. The molecule has 12 nitrogen and oxygen atoms in total. The van der Waals surface area contributed by atoms with Crippen LogP contribution in [0.2, 0.25) is 0 Å². The van der Waals surface area contributed by atoms with Gasteiger partial charge in [0.1, 0.15) is 11.2 Å². The third-order valence-corrected chi connectivity index (χ3v) is 6.61. The Labute approximate surface area is 241 Å². The Morgan fingerprint density at radius 1 is 1.05 bits per heavy atom. The van der Waals surface area contributed by atoms with Crippen molar-refractivity contribution in [1.29, 1.82) is 0 Å². The first-order valence-corrected chi connectivity index (χ1v) is 13.9. The van der Waals surface area contributed by atoms with Gasteiger partial charge in [0.15, 0.2) is 5.82 Å². The maximum Gasteiger partial charge on any atom is 0.410 e. The summed E-state index contributed by atoms with van der Waals surface area (Å²) >= 11 is 0. The van der Waals surface area contributed by atoms with Gasteiger partial charge < -0.3 is 34.6 Å². The molecule has 0 bridgehead atoms. The number of hydrogen-bond acceptors (Lipinski definition) is 10. The molecule has 4 rings (SSSR count). The highest BCUT2D eigenvalue weighted by atomic mass is 16.6. The van der Waals surface area contributed by atoms with E-state index in [1.165, 1.54) is 0 Å². The van der Waals surface area contributed by atoms with E-state index in [-0.39, 0.29) is 17.5 Å². The molecule has 2 N–H and O–H groups in total. The molecular formula is C29H41N7O5. The fraction of sp³-hybridized carbons (Fsp3) is 0.517. The highest BCUT2D eigenvalue weighted by molar-refractivity contribution is 5.97. The number of carboxylic acids is 1. The Morgan fingerprint density at radius 3 is 2.29 bits per heavy atom. The van der Waals surface area contributed by atoms with Crippen LogP contribution in [0.4, 0.5) is 22.2 Å². The summed E-state index contributed by atoms with van der Waals surface area (Å²) in [6.07, 6.45) is 3.19. The van der Waals surface area contributed by atoms with E-state index in [2.05, 4.69) is 20.2 Å². The van der Waals surface area contributed by atoms with E-state index in [0.717, 1.165) is 30.9 Å². The molecular weight excluding hydrogens is 526 g/mol. The predicted octanol–water partition coefficient (Wildman–Crippen LogP) is 3.34. The van der Waals surface area contributed by atoms with Gasteiger partial charge in [0, 0.05) is 71.8 Å². The van der Waals surface area contributed by atoms with Crippen LogP contribution in [0.3, 0.4) is 0 Å². The molecule has 2 aliphatic heterocycles. The van der Waals surface area contributed by atoms with E-state index in [4.69, 9.17) is 9.47 Å². The number of nitrogens with zero attached hydrogens (tertiary/aromatic N) is 6. The first kappa shape index (κ1) is 30.1. The highest BCUT2D eigenvalue weighted by Crippen LogP contribution is 2.26. The summed E-state index contributed by atoms with van der Waals surface area (Å²) in [5.74, 6) is -0.415. The van der Waals surface area contributed by atoms with Crippen LogP contribution in [0, 0.1) is 0 Å². The third kappa shape index (κ3) is 8.54. The number of benzene rings is 1. The lowest BCUT2D eigenvalue weighted by Crippen LogP contribution is -2.49. The molecule has 0 saturated carbocycles. The number of anilines is 3. The lowest BCUT2D eigenvalue weighted by atomic mass is 10.1. The van der Waals surface area contributed by atoms with Crippen LogP contribution in [0.15, 0.2) is 30.5 Å². The SMILES string of the molecule is CN(C)C=Cc1nc(N2CCOCC2)nc(Nc2ccc(CN3CCN(C(=O)OC(C)(C)C)CC3)cc2)c1C(=O)O. The molecule has 2 fully saturated rings. The summed E-state index contributed by atoms with van der Waals surface area (Å²) in [6.45, 7) is 11.5. The molecule has 41 heavy (non-hydrogen) atoms. The summed E-state index contributed by atoms with van der Waals surface area (Å²) in [6, 6.07) is 7.87. The Kier molecular flexibility index (Phi) is 9.66. The van der Waals surface area contributed by atoms with E-state index in [0.29, 0.717) is 51.0 Å². The van der Waals surface area contributed by atoms with Crippen LogP contribution in [-0.2, 0) is 16.0 Å². The molecule has 222 valence electrons. The molecule has 0 aliphatic carbocycles. The summed E-state index contributed by atoms with van der Waals surface area (Å²) in [5.41, 5.74) is 1.67. The molecule has 0 radical (unpaired) electrons. The van der Waals surface area contributed by atoms with Crippen molar-refractivity contribution in [3.05, 3.63) is 47.3 Å². The number of morpholine rings is 1. The number of rotatable bonds is 8. The molecule has 1 aromatic heterocycles. The Bertz CT molecular complexity index is 1230. The zero-order valence-electron chi connectivity index (χ0n) is 24.6. The Hall–Kier alpha value is -3.90. The average molecular weight is 568 g/mol. The van der Waals surface area contributed by atoms with Gasteiger partial charge in [0.25, 0.3) is 0 Å². The highest BCUT2D eigenvalue weighted by Gasteiger charge is 2.26. The maximum atomic E-state index is 12.3. The van der Waals surface area contributed by atoms with Gasteiger partial charge in [0.2, 0.25) is 5.95 Å². The van der Waals surface area contributed by atoms with Crippen molar-refractivity contribution in [2.24, 2.45) is 0 Å². The smallest absolute Gasteiger partial charge is 0.410 e. The van der Waals surface area contributed by atoms with Crippen LogP contribution in [0.25, 0.3) is 6.08 Å². The van der Waals surface area contributed by atoms with E-state index in [9.17, 15) is 14.7 Å². The molecule has 0 unspecified atom stereocenters. The number of carbonyl (C=O) groups is 2. The van der Waals surface area contributed by atoms with E-state index in [1.54, 1.807) is 17.2 Å². The van der Waals surface area contributed by atoms with Crippen LogP contribution in [-0.4, -0.2) is 114 Å². The standard InChI is InChI=1S/C29H41N7O5/c1-29(2,3)41-28(39)36-14-12-34(13-15-36)20-21-6-8-22(9-7-21)30-25-24(26(37)38)23(10-11-33(4)5)31-27(32-25)35-16-18-40-19-17-35/h6-11H,12-20H2,1-5H3,(H,37,38)(H,30,31,32). The van der Waals surface area contributed by atoms with E-state index >= 15 is 0 Å². The average Bonchev–Trinajstić information content (AvgIpc) is 2.92. The van der Waals surface area contributed by atoms with Crippen LogP contribution >= 0.6 is 0 Å². The molecule has 2 saturated heterocycles. The van der Waals surface area contributed by atoms with Crippen molar-refractivity contribution in [2.45, 2.75) is 32.9 Å². The summed E-state index contributed by atoms with van der Waals surface area (Å²) in [5, 5.41) is 13.3. The van der Waals surface area contributed by atoms with Crippen LogP contribution in [0.5, 0.6) is 0 Å². The predicted molar refractivity (Wildman–Crippen MR) is 158 cm³/mol. The minimum Gasteiger partial charge on any atom is -0.477 e. The van der Waals surface area contributed by atoms with Crippen molar-refractivity contribution < 1.29 is 24.2 Å². The fourth-order valence-corrected chi connectivity index (χ4v) is 4.52. The molecule has 12 heteroatoms. The van der Waals surface area contributed by atoms with Gasteiger partial charge in [-0.25, -0.2) is 14.6 Å². The minimum atomic E-state index is -1.11. The molecule has 2 aromatic rings. The second kappa shape index (κ2) is 13.2. The second-order valence-electron chi connectivity index (χ2n) is 11.4. The van der Waals surface area contributed by atoms with Gasteiger partial charge >= 0.3 is 12.1 Å². The number of aromatic nitrogens is 2. The third-order valence-electron chi connectivity index (χ3n) is 6.61. The summed E-state index contributed by atoms with van der Waals surface area (Å²) in [7, 11) is 3.73. The quantitative estimate of drug-likeness (QED) is 0.488. The van der Waals surface area contributed by atoms with Gasteiger partial charge in [0.05, 0.1) is 18.9 Å². The number of amides is 1. The zero-order valence-corrected chi connectivity index (χ0v) is 24.6. The summed E-state index contributed by atoms with van der Waals surface area (Å²) < 4.78 is 11.0. The van der Waals surface area contributed by atoms with Gasteiger partial charge in [-0.1, -0.05) is 12.1 Å². The maximum absolute atomic E-state index is 12.3. The van der Waals surface area contributed by atoms with Gasteiger partial charge in [-0.15, -0.1) is 0 Å². The minimum absolute atomic E-state index is 0.00652. The number of hydrogen-bond donors (Lipinski definition) is 2. The molecule has 1 aromatic carbocycles. The number of carbonyl (C=O) groups excluding carboxylic acids is 1. The van der Waals surface area contributed by atoms with E-state index in [1.807, 2.05) is 68.9 Å². The van der Waals surface area contributed by atoms with Crippen LogP contribution in [0.1, 0.15) is 42.4 Å². The van der Waals surface area contributed by atoms with Crippen molar-refractivity contribution in [1.82, 2.24) is 24.7 Å². The van der Waals surface area contributed by atoms with Crippen molar-refractivity contribution in [3.8, 4) is 0 Å². The normalized spacial score (nSPS) is 16.6. The van der Waals surface area contributed by atoms with E-state index < -0.39 is 11.6 Å².